The van der Waals surface area contributed by atoms with Gasteiger partial charge in [-0.15, -0.1) is 0 Å². The van der Waals surface area contributed by atoms with Gasteiger partial charge in [0.2, 0.25) is 0 Å². The molecule has 0 bridgehead atoms. The van der Waals surface area contributed by atoms with Gasteiger partial charge >= 0.3 is 11.9 Å². The minimum Gasteiger partial charge on any atom is -0.465 e. The molecule has 1 aliphatic rings. The van der Waals surface area contributed by atoms with Crippen LogP contribution in [-0.4, -0.2) is 42.5 Å². The Morgan fingerprint density at radius 3 is 2.39 bits per heavy atom. The van der Waals surface area contributed by atoms with E-state index in [0.717, 1.165) is 44.6 Å². The fourth-order valence-corrected chi connectivity index (χ4v) is 3.32. The minimum atomic E-state index is -0.936. The quantitative estimate of drug-likeness (QED) is 0.448. The van der Waals surface area contributed by atoms with Crippen LogP contribution in [0, 0.1) is 22.0 Å². The van der Waals surface area contributed by atoms with Crippen LogP contribution in [0.3, 0.4) is 0 Å². The number of hydrogen-bond donors (Lipinski definition) is 1. The molecule has 1 aromatic carbocycles. The van der Waals surface area contributed by atoms with E-state index in [9.17, 15) is 24.5 Å². The van der Waals surface area contributed by atoms with E-state index in [2.05, 4.69) is 23.9 Å². The van der Waals surface area contributed by atoms with Gasteiger partial charge < -0.3 is 14.8 Å². The van der Waals surface area contributed by atoms with Crippen LogP contribution in [0.25, 0.3) is 0 Å². The Bertz CT molecular complexity index is 778. The number of hydrogen-bond acceptors (Lipinski definition) is 7. The van der Waals surface area contributed by atoms with Gasteiger partial charge in [-0.25, -0.2) is 9.59 Å². The summed E-state index contributed by atoms with van der Waals surface area (Å²) >= 11 is 0. The second-order valence-electron chi connectivity index (χ2n) is 7.03. The first-order chi connectivity index (χ1) is 13.2. The number of nitro benzene ring substituents is 1. The molecule has 1 aromatic rings. The number of esters is 2. The highest BCUT2D eigenvalue weighted by Gasteiger charge is 2.28. The van der Waals surface area contributed by atoms with E-state index in [0.29, 0.717) is 11.8 Å². The highest BCUT2D eigenvalue weighted by molar-refractivity contribution is 5.97. The Balaban J connectivity index is 2.02. The molecular formula is C19H24N2O7. The van der Waals surface area contributed by atoms with Gasteiger partial charge in [-0.2, -0.15) is 0 Å². The summed E-state index contributed by atoms with van der Waals surface area (Å²) in [7, 11) is 1.12. The SMILES string of the molecule is COC(=O)c1cc(C(=O)OCC(=O)N[C@@H]2CCC[C@H](C)[C@H]2C)cc([N+](=O)[O-])c1. The first-order valence-corrected chi connectivity index (χ1v) is 9.07. The number of nitro groups is 1. The maximum atomic E-state index is 12.2. The molecular weight excluding hydrogens is 368 g/mol. The third-order valence-corrected chi connectivity index (χ3v) is 5.17. The molecule has 0 aromatic heterocycles. The van der Waals surface area contributed by atoms with Crippen molar-refractivity contribution in [1.29, 1.82) is 0 Å². The molecule has 0 saturated heterocycles. The van der Waals surface area contributed by atoms with Crippen LogP contribution < -0.4 is 5.32 Å². The molecule has 9 nitrogen and oxygen atoms in total. The van der Waals surface area contributed by atoms with Crippen molar-refractivity contribution >= 4 is 23.5 Å². The molecule has 1 amide bonds. The number of rotatable bonds is 6. The summed E-state index contributed by atoms with van der Waals surface area (Å²) in [4.78, 5) is 46.3. The minimum absolute atomic E-state index is 0.0266. The van der Waals surface area contributed by atoms with Crippen molar-refractivity contribution in [1.82, 2.24) is 5.32 Å². The monoisotopic (exact) mass is 392 g/mol. The standard InChI is InChI=1S/C19H24N2O7/c1-11-5-4-6-16(12(11)2)20-17(22)10-28-19(24)14-7-13(18(23)27-3)8-15(9-14)21(25)26/h7-9,11-12,16H,4-6,10H2,1-3H3,(H,20,22)/t11-,12+,16+/m0/s1. The zero-order chi connectivity index (χ0) is 20.8. The lowest BCUT2D eigenvalue weighted by Crippen LogP contribution is -2.45. The summed E-state index contributed by atoms with van der Waals surface area (Å²) in [6.45, 7) is 3.72. The van der Waals surface area contributed by atoms with Crippen LogP contribution in [0.15, 0.2) is 18.2 Å². The highest BCUT2D eigenvalue weighted by atomic mass is 16.6. The number of ether oxygens (including phenoxy) is 2. The molecule has 2 rings (SSSR count). The Morgan fingerprint density at radius 1 is 1.14 bits per heavy atom. The molecule has 0 spiro atoms. The summed E-state index contributed by atoms with van der Waals surface area (Å²) in [5.74, 6) is -1.36. The number of nitrogens with zero attached hydrogens (tertiary/aromatic N) is 1. The Morgan fingerprint density at radius 2 is 1.79 bits per heavy atom. The van der Waals surface area contributed by atoms with Crippen molar-refractivity contribution in [2.45, 2.75) is 39.2 Å². The summed E-state index contributed by atoms with van der Waals surface area (Å²) in [6.07, 6.45) is 3.02. The molecule has 1 aliphatic carbocycles. The smallest absolute Gasteiger partial charge is 0.338 e. The van der Waals surface area contributed by atoms with E-state index in [1.165, 1.54) is 0 Å². The molecule has 28 heavy (non-hydrogen) atoms. The largest absolute Gasteiger partial charge is 0.465 e. The third-order valence-electron chi connectivity index (χ3n) is 5.17. The number of non-ortho nitro benzene ring substituents is 1. The molecule has 1 N–H and O–H groups in total. The van der Waals surface area contributed by atoms with Gasteiger partial charge in [0.1, 0.15) is 0 Å². The molecule has 0 unspecified atom stereocenters. The predicted molar refractivity (Wildman–Crippen MR) is 98.8 cm³/mol. The topological polar surface area (TPSA) is 125 Å². The molecule has 1 fully saturated rings. The number of carbonyl (C=O) groups excluding carboxylic acids is 3. The normalized spacial score (nSPS) is 21.5. The number of nitrogens with one attached hydrogen (secondary N) is 1. The highest BCUT2D eigenvalue weighted by Crippen LogP contribution is 2.29. The van der Waals surface area contributed by atoms with Gasteiger partial charge in [0.15, 0.2) is 6.61 Å². The maximum Gasteiger partial charge on any atom is 0.338 e. The number of amides is 1. The molecule has 1 saturated carbocycles. The van der Waals surface area contributed by atoms with E-state index < -0.39 is 35.1 Å². The molecule has 152 valence electrons. The van der Waals surface area contributed by atoms with Crippen LogP contribution in [0.1, 0.15) is 53.8 Å². The molecule has 3 atom stereocenters. The average Bonchev–Trinajstić information content (AvgIpc) is 2.68. The number of methoxy groups -OCH3 is 1. The summed E-state index contributed by atoms with van der Waals surface area (Å²) in [5.41, 5.74) is -0.815. The van der Waals surface area contributed by atoms with Crippen molar-refractivity contribution in [3.05, 3.63) is 39.4 Å². The lowest BCUT2D eigenvalue weighted by Gasteiger charge is -2.34. The van der Waals surface area contributed by atoms with Crippen molar-refractivity contribution < 1.29 is 28.8 Å². The zero-order valence-corrected chi connectivity index (χ0v) is 16.1. The first kappa shape index (κ1) is 21.3. The van der Waals surface area contributed by atoms with E-state index in [-0.39, 0.29) is 17.2 Å². The van der Waals surface area contributed by atoms with Crippen LogP contribution in [0.2, 0.25) is 0 Å². The van der Waals surface area contributed by atoms with Gasteiger partial charge in [0.05, 0.1) is 23.2 Å². The van der Waals surface area contributed by atoms with Crippen LogP contribution in [0.4, 0.5) is 5.69 Å². The second kappa shape index (κ2) is 9.29. The van der Waals surface area contributed by atoms with Gasteiger partial charge in [0, 0.05) is 18.2 Å². The first-order valence-electron chi connectivity index (χ1n) is 9.07. The van der Waals surface area contributed by atoms with Crippen LogP contribution >= 0.6 is 0 Å². The van der Waals surface area contributed by atoms with Gasteiger partial charge in [-0.3, -0.25) is 14.9 Å². The van der Waals surface area contributed by atoms with E-state index in [1.807, 2.05) is 0 Å². The lowest BCUT2D eigenvalue weighted by molar-refractivity contribution is -0.384. The van der Waals surface area contributed by atoms with Gasteiger partial charge in [0.25, 0.3) is 11.6 Å². The Hall–Kier alpha value is -2.97. The van der Waals surface area contributed by atoms with Gasteiger partial charge in [-0.05, 0) is 24.3 Å². The summed E-state index contributed by atoms with van der Waals surface area (Å²) in [5, 5.41) is 13.9. The van der Waals surface area contributed by atoms with E-state index >= 15 is 0 Å². The van der Waals surface area contributed by atoms with Crippen LogP contribution in [-0.2, 0) is 14.3 Å². The Labute approximate surface area is 162 Å². The van der Waals surface area contributed by atoms with Crippen LogP contribution in [0.5, 0.6) is 0 Å². The average molecular weight is 392 g/mol. The third kappa shape index (κ3) is 5.28. The molecule has 0 heterocycles. The van der Waals surface area contributed by atoms with E-state index in [4.69, 9.17) is 4.74 Å². The van der Waals surface area contributed by atoms with Crippen molar-refractivity contribution in [3.63, 3.8) is 0 Å². The maximum absolute atomic E-state index is 12.2. The van der Waals surface area contributed by atoms with Crippen molar-refractivity contribution in [3.8, 4) is 0 Å². The summed E-state index contributed by atoms with van der Waals surface area (Å²) in [6, 6.07) is 3.14. The number of benzene rings is 1. The molecule has 0 radical (unpaired) electrons. The predicted octanol–water partition coefficient (Wildman–Crippen LogP) is 2.48. The zero-order valence-electron chi connectivity index (χ0n) is 16.1. The van der Waals surface area contributed by atoms with Crippen molar-refractivity contribution in [2.24, 2.45) is 11.8 Å². The number of carbonyl (C=O) groups is 3. The lowest BCUT2D eigenvalue weighted by atomic mass is 9.78. The molecule has 0 aliphatic heterocycles. The Kier molecular flexibility index (Phi) is 7.08. The van der Waals surface area contributed by atoms with E-state index in [1.54, 1.807) is 0 Å². The second-order valence-corrected chi connectivity index (χ2v) is 7.03. The fraction of sp³-hybridized carbons (Fsp3) is 0.526. The van der Waals surface area contributed by atoms with Crippen molar-refractivity contribution in [2.75, 3.05) is 13.7 Å². The fourth-order valence-electron chi connectivity index (χ4n) is 3.32. The molecule has 9 heteroatoms. The summed E-state index contributed by atoms with van der Waals surface area (Å²) < 4.78 is 9.50. The van der Waals surface area contributed by atoms with Gasteiger partial charge in [-0.1, -0.05) is 26.7 Å².